The number of aromatic amines is 1. The molecule has 0 radical (unpaired) electrons. The number of aryl methyl sites for hydroxylation is 1. The predicted molar refractivity (Wildman–Crippen MR) is 141 cm³/mol. The third-order valence-electron chi connectivity index (χ3n) is 6.09. The van der Waals surface area contributed by atoms with Crippen LogP contribution in [-0.2, 0) is 6.54 Å². The highest BCUT2D eigenvalue weighted by atomic mass is 32.1. The molecule has 2 aromatic carbocycles. The van der Waals surface area contributed by atoms with Crippen LogP contribution in [0.4, 0.5) is 11.4 Å². The standard InChI is InChI=1S/C27H25N5O2S/c1-16-19-7-8-30-23(19)5-4-22(16)32-26-18(13-28)15-31-27-21(26)12-25(35-27)20-11-17(14-29-9-10-33)3-6-24(20)34-2/h3-8,11-12,15,29-30,33H,9-10,14H2,1-2H3,(H,31,32). The van der Waals surface area contributed by atoms with Crippen molar-refractivity contribution in [2.45, 2.75) is 13.5 Å². The van der Waals surface area contributed by atoms with Gasteiger partial charge in [-0.1, -0.05) is 6.07 Å². The Morgan fingerprint density at radius 1 is 1.17 bits per heavy atom. The summed E-state index contributed by atoms with van der Waals surface area (Å²) in [5.74, 6) is 0.770. The molecule has 4 N–H and O–H groups in total. The quantitative estimate of drug-likeness (QED) is 0.219. The van der Waals surface area contributed by atoms with Crippen LogP contribution in [0.25, 0.3) is 31.6 Å². The van der Waals surface area contributed by atoms with E-state index in [1.54, 1.807) is 24.6 Å². The van der Waals surface area contributed by atoms with Crippen LogP contribution < -0.4 is 15.4 Å². The van der Waals surface area contributed by atoms with Gasteiger partial charge in [-0.05, 0) is 54.4 Å². The van der Waals surface area contributed by atoms with E-state index in [9.17, 15) is 5.26 Å². The number of hydrogen-bond acceptors (Lipinski definition) is 7. The average Bonchev–Trinajstić information content (AvgIpc) is 3.54. The van der Waals surface area contributed by atoms with Crippen LogP contribution in [0, 0.1) is 18.3 Å². The summed E-state index contributed by atoms with van der Waals surface area (Å²) in [6.45, 7) is 3.35. The molecule has 0 unspecified atom stereocenters. The van der Waals surface area contributed by atoms with Crippen molar-refractivity contribution in [2.75, 3.05) is 25.6 Å². The number of benzene rings is 2. The van der Waals surface area contributed by atoms with E-state index in [4.69, 9.17) is 9.84 Å². The summed E-state index contributed by atoms with van der Waals surface area (Å²) in [5.41, 5.74) is 6.43. The van der Waals surface area contributed by atoms with Crippen LogP contribution in [0.1, 0.15) is 16.7 Å². The lowest BCUT2D eigenvalue weighted by molar-refractivity contribution is 0.292. The highest BCUT2D eigenvalue weighted by molar-refractivity contribution is 7.22. The Morgan fingerprint density at radius 2 is 2.06 bits per heavy atom. The summed E-state index contributed by atoms with van der Waals surface area (Å²) in [6.07, 6.45) is 3.56. The molecule has 0 atom stereocenters. The van der Waals surface area contributed by atoms with Crippen LogP contribution in [0.3, 0.4) is 0 Å². The number of H-pyrrole nitrogens is 1. The van der Waals surface area contributed by atoms with Gasteiger partial charge in [-0.15, -0.1) is 11.3 Å². The van der Waals surface area contributed by atoms with Gasteiger partial charge in [-0.3, -0.25) is 0 Å². The molecule has 176 valence electrons. The topological polar surface area (TPSA) is 106 Å². The Hall–Kier alpha value is -3.90. The lowest BCUT2D eigenvalue weighted by Gasteiger charge is -2.13. The largest absolute Gasteiger partial charge is 0.496 e. The lowest BCUT2D eigenvalue weighted by Crippen LogP contribution is -2.17. The van der Waals surface area contributed by atoms with Gasteiger partial charge in [-0.25, -0.2) is 4.98 Å². The molecule has 5 rings (SSSR count). The number of aliphatic hydroxyl groups excluding tert-OH is 1. The van der Waals surface area contributed by atoms with Crippen molar-refractivity contribution < 1.29 is 9.84 Å². The number of nitriles is 1. The number of hydrogen-bond donors (Lipinski definition) is 4. The summed E-state index contributed by atoms with van der Waals surface area (Å²) < 4.78 is 5.65. The van der Waals surface area contributed by atoms with Gasteiger partial charge in [-0.2, -0.15) is 5.26 Å². The number of thiophene rings is 1. The van der Waals surface area contributed by atoms with Crippen LogP contribution in [0.15, 0.2) is 54.9 Å². The zero-order valence-electron chi connectivity index (χ0n) is 19.5. The van der Waals surface area contributed by atoms with Gasteiger partial charge in [0.15, 0.2) is 0 Å². The second kappa shape index (κ2) is 9.76. The molecule has 0 saturated heterocycles. The fraction of sp³-hybridized carbons (Fsp3) is 0.185. The summed E-state index contributed by atoms with van der Waals surface area (Å²) in [7, 11) is 1.66. The van der Waals surface area contributed by atoms with E-state index in [0.29, 0.717) is 18.7 Å². The molecule has 0 aliphatic rings. The summed E-state index contributed by atoms with van der Waals surface area (Å²) in [4.78, 5) is 9.66. The zero-order chi connectivity index (χ0) is 24.4. The Labute approximate surface area is 207 Å². The lowest BCUT2D eigenvalue weighted by atomic mass is 10.1. The Kier molecular flexibility index (Phi) is 6.38. The first kappa shape index (κ1) is 22.9. The maximum atomic E-state index is 9.83. The van der Waals surface area contributed by atoms with Gasteiger partial charge in [0.2, 0.25) is 0 Å². The number of pyridine rings is 1. The smallest absolute Gasteiger partial charge is 0.127 e. The summed E-state index contributed by atoms with van der Waals surface area (Å²) in [5, 5.41) is 27.7. The second-order valence-electron chi connectivity index (χ2n) is 8.23. The van der Waals surface area contributed by atoms with Gasteiger partial charge >= 0.3 is 0 Å². The molecule has 8 heteroatoms. The average molecular weight is 484 g/mol. The molecule has 0 spiro atoms. The van der Waals surface area contributed by atoms with Crippen molar-refractivity contribution in [3.8, 4) is 22.3 Å². The van der Waals surface area contributed by atoms with Crippen molar-refractivity contribution in [1.29, 1.82) is 5.26 Å². The number of rotatable bonds is 8. The molecule has 3 heterocycles. The van der Waals surface area contributed by atoms with Gasteiger partial charge in [0.25, 0.3) is 0 Å². The monoisotopic (exact) mass is 483 g/mol. The fourth-order valence-electron chi connectivity index (χ4n) is 4.26. The normalized spacial score (nSPS) is 11.1. The first-order chi connectivity index (χ1) is 17.1. The molecular weight excluding hydrogens is 458 g/mol. The Balaban J connectivity index is 1.59. The van der Waals surface area contributed by atoms with Crippen molar-refractivity contribution in [3.63, 3.8) is 0 Å². The Bertz CT molecular complexity index is 1560. The maximum absolute atomic E-state index is 9.83. The molecule has 7 nitrogen and oxygen atoms in total. The number of methoxy groups -OCH3 is 1. The third-order valence-corrected chi connectivity index (χ3v) is 7.17. The van der Waals surface area contributed by atoms with E-state index in [1.165, 1.54) is 0 Å². The fourth-order valence-corrected chi connectivity index (χ4v) is 5.30. The van der Waals surface area contributed by atoms with Gasteiger partial charge in [0, 0.05) is 57.9 Å². The minimum absolute atomic E-state index is 0.0957. The molecule has 0 amide bonds. The molecule has 0 fully saturated rings. The molecule has 0 saturated carbocycles. The van der Waals surface area contributed by atoms with Crippen LogP contribution >= 0.6 is 11.3 Å². The second-order valence-corrected chi connectivity index (χ2v) is 9.26. The van der Waals surface area contributed by atoms with E-state index >= 15 is 0 Å². The number of ether oxygens (including phenoxy) is 1. The molecular formula is C27H25N5O2S. The van der Waals surface area contributed by atoms with Crippen LogP contribution in [0.5, 0.6) is 5.75 Å². The maximum Gasteiger partial charge on any atom is 0.127 e. The number of anilines is 2. The molecule has 0 bridgehead atoms. The van der Waals surface area contributed by atoms with Crippen molar-refractivity contribution in [2.24, 2.45) is 0 Å². The number of fused-ring (bicyclic) bond motifs is 2. The van der Waals surface area contributed by atoms with Crippen LogP contribution in [-0.4, -0.2) is 35.3 Å². The number of nitrogens with zero attached hydrogens (tertiary/aromatic N) is 2. The van der Waals surface area contributed by atoms with E-state index in [1.807, 2.05) is 30.5 Å². The summed E-state index contributed by atoms with van der Waals surface area (Å²) >= 11 is 1.56. The van der Waals surface area contributed by atoms with E-state index < -0.39 is 0 Å². The molecule has 0 aliphatic carbocycles. The van der Waals surface area contributed by atoms with E-state index in [-0.39, 0.29) is 6.61 Å². The van der Waals surface area contributed by atoms with E-state index in [0.717, 1.165) is 59.8 Å². The van der Waals surface area contributed by atoms with Crippen molar-refractivity contribution in [3.05, 3.63) is 71.5 Å². The SMILES string of the molecule is COc1ccc(CNCCO)cc1-c1cc2c(Nc3ccc4[nH]ccc4c3C)c(C#N)cnc2s1. The van der Waals surface area contributed by atoms with Gasteiger partial charge in [0.1, 0.15) is 16.6 Å². The molecule has 35 heavy (non-hydrogen) atoms. The van der Waals surface area contributed by atoms with Crippen molar-refractivity contribution >= 4 is 43.8 Å². The highest BCUT2D eigenvalue weighted by Gasteiger charge is 2.17. The van der Waals surface area contributed by atoms with Gasteiger partial charge < -0.3 is 25.5 Å². The van der Waals surface area contributed by atoms with Crippen molar-refractivity contribution in [1.82, 2.24) is 15.3 Å². The number of aromatic nitrogens is 2. The third kappa shape index (κ3) is 4.33. The summed E-state index contributed by atoms with van der Waals surface area (Å²) in [6, 6.07) is 16.5. The minimum atomic E-state index is 0.0957. The van der Waals surface area contributed by atoms with Gasteiger partial charge in [0.05, 0.1) is 25.0 Å². The minimum Gasteiger partial charge on any atom is -0.496 e. The van der Waals surface area contributed by atoms with Crippen LogP contribution in [0.2, 0.25) is 0 Å². The first-order valence-corrected chi connectivity index (χ1v) is 12.1. The predicted octanol–water partition coefficient (Wildman–Crippen LogP) is 5.46. The number of aliphatic hydroxyl groups is 1. The number of nitrogens with one attached hydrogen (secondary N) is 3. The molecule has 3 aromatic heterocycles. The highest BCUT2D eigenvalue weighted by Crippen LogP contribution is 2.42. The Morgan fingerprint density at radius 3 is 2.86 bits per heavy atom. The zero-order valence-corrected chi connectivity index (χ0v) is 20.3. The van der Waals surface area contributed by atoms with E-state index in [2.05, 4.69) is 51.8 Å². The first-order valence-electron chi connectivity index (χ1n) is 11.3. The molecule has 0 aliphatic heterocycles. The molecule has 5 aromatic rings.